The van der Waals surface area contributed by atoms with Crippen LogP contribution in [0.3, 0.4) is 0 Å². The van der Waals surface area contributed by atoms with Gasteiger partial charge in [-0.25, -0.2) is 9.38 Å². The topological polar surface area (TPSA) is 67.6 Å². The Morgan fingerprint density at radius 1 is 1.38 bits per heavy atom. The van der Waals surface area contributed by atoms with Crippen LogP contribution in [-0.4, -0.2) is 52.9 Å². The maximum atomic E-state index is 13.4. The molecule has 0 saturated carbocycles. The molecule has 0 aliphatic rings. The van der Waals surface area contributed by atoms with Crippen molar-refractivity contribution < 1.29 is 9.13 Å². The van der Waals surface area contributed by atoms with E-state index in [1.807, 2.05) is 36.6 Å². The molecule has 0 saturated heterocycles. The third-order valence-corrected chi connectivity index (χ3v) is 3.81. The van der Waals surface area contributed by atoms with Crippen molar-refractivity contribution in [2.75, 3.05) is 27.3 Å². The zero-order chi connectivity index (χ0) is 18.2. The van der Waals surface area contributed by atoms with E-state index < -0.39 is 0 Å². The number of aliphatic imine (C=N–C) groups is 1. The Labute approximate surface area is 170 Å². The van der Waals surface area contributed by atoms with Crippen LogP contribution in [0.25, 0.3) is 0 Å². The first-order valence-corrected chi connectivity index (χ1v) is 8.09. The van der Waals surface area contributed by atoms with Gasteiger partial charge in [0.2, 0.25) is 0 Å². The monoisotopic (exact) mass is 476 g/mol. The summed E-state index contributed by atoms with van der Waals surface area (Å²) < 4.78 is 20.4. The predicted octanol–water partition coefficient (Wildman–Crippen LogP) is 2.10. The molecular weight excluding hydrogens is 450 g/mol. The minimum Gasteiger partial charge on any atom is -0.383 e. The van der Waals surface area contributed by atoms with Gasteiger partial charge in [-0.2, -0.15) is 0 Å². The van der Waals surface area contributed by atoms with Gasteiger partial charge < -0.3 is 19.5 Å². The van der Waals surface area contributed by atoms with E-state index in [0.29, 0.717) is 32.2 Å². The molecule has 144 valence electrons. The van der Waals surface area contributed by atoms with Crippen LogP contribution in [0.5, 0.6) is 0 Å². The summed E-state index contributed by atoms with van der Waals surface area (Å²) in [6.07, 6.45) is 0. The summed E-state index contributed by atoms with van der Waals surface area (Å²) in [6, 6.07) is 6.55. The molecule has 0 atom stereocenters. The molecule has 0 aliphatic carbocycles. The lowest BCUT2D eigenvalue weighted by atomic mass is 10.2. The van der Waals surface area contributed by atoms with E-state index in [1.165, 1.54) is 12.1 Å². The average molecular weight is 476 g/mol. The molecule has 7 nitrogen and oxygen atoms in total. The minimum absolute atomic E-state index is 0. The Hall–Kier alpha value is -1.75. The number of hydrogen-bond acceptors (Lipinski definition) is 4. The zero-order valence-corrected chi connectivity index (χ0v) is 17.9. The highest BCUT2D eigenvalue weighted by Gasteiger charge is 2.10. The van der Waals surface area contributed by atoms with Crippen molar-refractivity contribution in [2.24, 2.45) is 12.0 Å². The number of ether oxygens (including phenoxy) is 1. The summed E-state index contributed by atoms with van der Waals surface area (Å²) in [5.74, 6) is 2.07. The second-order valence-corrected chi connectivity index (χ2v) is 5.77. The van der Waals surface area contributed by atoms with Crippen LogP contribution in [0.15, 0.2) is 29.3 Å². The van der Waals surface area contributed by atoms with Gasteiger partial charge in [0.15, 0.2) is 11.8 Å². The molecule has 0 bridgehead atoms. The maximum absolute atomic E-state index is 13.4. The van der Waals surface area contributed by atoms with Crippen LogP contribution >= 0.6 is 24.0 Å². The van der Waals surface area contributed by atoms with Crippen molar-refractivity contribution >= 4 is 29.9 Å². The van der Waals surface area contributed by atoms with Gasteiger partial charge in [-0.3, -0.25) is 0 Å². The summed E-state index contributed by atoms with van der Waals surface area (Å²) in [6.45, 7) is 4.03. The van der Waals surface area contributed by atoms with Gasteiger partial charge in [0.1, 0.15) is 18.2 Å². The second-order valence-electron chi connectivity index (χ2n) is 5.77. The lowest BCUT2D eigenvalue weighted by Gasteiger charge is -2.22. The summed E-state index contributed by atoms with van der Waals surface area (Å²) in [5.41, 5.74) is 0.873. The third kappa shape index (κ3) is 6.52. The molecule has 0 unspecified atom stereocenters. The van der Waals surface area contributed by atoms with Gasteiger partial charge >= 0.3 is 0 Å². The first-order chi connectivity index (χ1) is 12.0. The van der Waals surface area contributed by atoms with E-state index in [-0.39, 0.29) is 29.8 Å². The predicted molar refractivity (Wildman–Crippen MR) is 110 cm³/mol. The second kappa shape index (κ2) is 11.1. The zero-order valence-electron chi connectivity index (χ0n) is 15.6. The maximum Gasteiger partial charge on any atom is 0.194 e. The normalized spacial score (nSPS) is 11.2. The number of hydrogen-bond donors (Lipinski definition) is 1. The molecular formula is C17H26FIN6O. The fourth-order valence-corrected chi connectivity index (χ4v) is 2.29. The molecule has 2 rings (SSSR count). The van der Waals surface area contributed by atoms with E-state index in [4.69, 9.17) is 4.74 Å². The molecule has 1 aromatic carbocycles. The third-order valence-electron chi connectivity index (χ3n) is 3.81. The molecule has 9 heteroatoms. The van der Waals surface area contributed by atoms with Crippen LogP contribution in [0.1, 0.15) is 17.2 Å². The van der Waals surface area contributed by atoms with Crippen molar-refractivity contribution in [2.45, 2.75) is 20.0 Å². The molecule has 1 aromatic heterocycles. The Morgan fingerprint density at radius 3 is 2.77 bits per heavy atom. The van der Waals surface area contributed by atoms with Gasteiger partial charge in [0, 0.05) is 34.3 Å². The first-order valence-electron chi connectivity index (χ1n) is 8.09. The minimum atomic E-state index is -0.244. The van der Waals surface area contributed by atoms with Crippen LogP contribution < -0.4 is 5.32 Å². The summed E-state index contributed by atoms with van der Waals surface area (Å²) in [4.78, 5) is 6.56. The van der Waals surface area contributed by atoms with Gasteiger partial charge in [0.25, 0.3) is 0 Å². The van der Waals surface area contributed by atoms with Gasteiger partial charge in [0.05, 0.1) is 6.61 Å². The lowest BCUT2D eigenvalue weighted by molar-refractivity contribution is 0.203. The van der Waals surface area contributed by atoms with Crippen LogP contribution in [-0.2, 0) is 24.9 Å². The van der Waals surface area contributed by atoms with Crippen molar-refractivity contribution in [3.63, 3.8) is 0 Å². The van der Waals surface area contributed by atoms with Crippen LogP contribution in [0.4, 0.5) is 4.39 Å². The summed E-state index contributed by atoms with van der Waals surface area (Å²) in [5, 5.41) is 11.4. The number of benzene rings is 1. The Bertz CT molecular complexity index is 721. The SMILES string of the molecule is COCCNC(=NCc1nnc(C)n1C)N(C)Cc1cccc(F)c1.I. The quantitative estimate of drug-likeness (QED) is 0.287. The Morgan fingerprint density at radius 2 is 2.15 bits per heavy atom. The number of nitrogens with zero attached hydrogens (tertiary/aromatic N) is 5. The highest BCUT2D eigenvalue weighted by atomic mass is 127. The number of methoxy groups -OCH3 is 1. The van der Waals surface area contributed by atoms with Crippen molar-refractivity contribution in [1.29, 1.82) is 0 Å². The van der Waals surface area contributed by atoms with Crippen molar-refractivity contribution in [3.8, 4) is 0 Å². The molecule has 1 heterocycles. The smallest absolute Gasteiger partial charge is 0.194 e. The van der Waals surface area contributed by atoms with Crippen LogP contribution in [0, 0.1) is 12.7 Å². The van der Waals surface area contributed by atoms with E-state index in [0.717, 1.165) is 17.2 Å². The van der Waals surface area contributed by atoms with Gasteiger partial charge in [-0.15, -0.1) is 34.2 Å². The highest BCUT2D eigenvalue weighted by molar-refractivity contribution is 14.0. The fourth-order valence-electron chi connectivity index (χ4n) is 2.29. The molecule has 0 amide bonds. The number of halogens is 2. The lowest BCUT2D eigenvalue weighted by Crippen LogP contribution is -2.40. The van der Waals surface area contributed by atoms with E-state index >= 15 is 0 Å². The van der Waals surface area contributed by atoms with Crippen molar-refractivity contribution in [1.82, 2.24) is 25.0 Å². The van der Waals surface area contributed by atoms with E-state index in [2.05, 4.69) is 20.5 Å². The molecule has 0 aliphatic heterocycles. The van der Waals surface area contributed by atoms with Gasteiger partial charge in [-0.1, -0.05) is 12.1 Å². The first kappa shape index (κ1) is 22.3. The molecule has 26 heavy (non-hydrogen) atoms. The average Bonchev–Trinajstić information content (AvgIpc) is 2.90. The number of nitrogens with one attached hydrogen (secondary N) is 1. The summed E-state index contributed by atoms with van der Waals surface area (Å²) in [7, 11) is 5.47. The molecule has 0 fully saturated rings. The van der Waals surface area contributed by atoms with E-state index in [1.54, 1.807) is 13.2 Å². The number of rotatable bonds is 7. The van der Waals surface area contributed by atoms with Crippen LogP contribution in [0.2, 0.25) is 0 Å². The van der Waals surface area contributed by atoms with Gasteiger partial charge in [-0.05, 0) is 24.6 Å². The highest BCUT2D eigenvalue weighted by Crippen LogP contribution is 2.07. The number of aromatic nitrogens is 3. The molecule has 2 aromatic rings. The Balaban J connectivity index is 0.00000338. The standard InChI is InChI=1S/C17H25FN6O.HI/c1-13-21-22-16(24(13)3)11-20-17(19-8-9-25-4)23(2)12-14-6-5-7-15(18)10-14;/h5-7,10H,8-9,11-12H2,1-4H3,(H,19,20);1H. The number of aryl methyl sites for hydroxylation is 1. The summed E-state index contributed by atoms with van der Waals surface area (Å²) >= 11 is 0. The Kier molecular flexibility index (Phi) is 9.49. The fraction of sp³-hybridized carbons (Fsp3) is 0.471. The molecule has 0 radical (unpaired) electrons. The molecule has 0 spiro atoms. The largest absolute Gasteiger partial charge is 0.383 e. The van der Waals surface area contributed by atoms with Crippen molar-refractivity contribution in [3.05, 3.63) is 47.3 Å². The molecule has 1 N–H and O–H groups in total. The number of guanidine groups is 1. The van der Waals surface area contributed by atoms with E-state index in [9.17, 15) is 4.39 Å².